The lowest BCUT2D eigenvalue weighted by Gasteiger charge is -2.14. The zero-order chi connectivity index (χ0) is 14.4. The van der Waals surface area contributed by atoms with Gasteiger partial charge in [-0.15, -0.1) is 0 Å². The van der Waals surface area contributed by atoms with Crippen LogP contribution in [0.1, 0.15) is 5.56 Å². The van der Waals surface area contributed by atoms with E-state index in [-0.39, 0.29) is 5.97 Å². The van der Waals surface area contributed by atoms with E-state index in [1.54, 1.807) is 0 Å². The van der Waals surface area contributed by atoms with Crippen molar-refractivity contribution in [1.29, 1.82) is 0 Å². The summed E-state index contributed by atoms with van der Waals surface area (Å²) in [5, 5.41) is 3.95. The number of nitrogens with one attached hydrogen (secondary N) is 2. The molecule has 2 aromatic rings. The minimum atomic E-state index is -0.532. The first-order valence-corrected chi connectivity index (χ1v) is 6.25. The van der Waals surface area contributed by atoms with Crippen LogP contribution in [0.25, 0.3) is 10.9 Å². The lowest BCUT2D eigenvalue weighted by molar-refractivity contribution is -0.142. The second kappa shape index (κ2) is 6.56. The van der Waals surface area contributed by atoms with Crippen molar-refractivity contribution in [3.05, 3.63) is 48.3 Å². The highest BCUT2D eigenvalue weighted by Crippen LogP contribution is 2.19. The average molecular weight is 272 g/mol. The Labute approximate surface area is 116 Å². The molecule has 1 aromatic carbocycles. The number of hydrogen-bond acceptors (Lipinski definition) is 4. The molecule has 0 unspecified atom stereocenters. The van der Waals surface area contributed by atoms with Gasteiger partial charge in [-0.3, -0.25) is 4.79 Å². The smallest absolute Gasteiger partial charge is 0.328 e. The van der Waals surface area contributed by atoms with Crippen LogP contribution in [0.4, 0.5) is 0 Å². The second-order valence-electron chi connectivity index (χ2n) is 4.30. The van der Waals surface area contributed by atoms with Gasteiger partial charge >= 0.3 is 5.97 Å². The molecule has 5 nitrogen and oxygen atoms in total. The number of aldehydes is 1. The third-order valence-electron chi connectivity index (χ3n) is 3.06. The fraction of sp³-hybridized carbons (Fsp3) is 0.200. The first-order valence-electron chi connectivity index (χ1n) is 6.25. The quantitative estimate of drug-likeness (QED) is 0.475. The van der Waals surface area contributed by atoms with Crippen molar-refractivity contribution in [3.8, 4) is 0 Å². The largest absolute Gasteiger partial charge is 0.467 e. The van der Waals surface area contributed by atoms with Gasteiger partial charge in [-0.25, -0.2) is 4.79 Å². The molecule has 5 heteroatoms. The summed E-state index contributed by atoms with van der Waals surface area (Å²) in [5.41, 5.74) is 2.04. The maximum absolute atomic E-state index is 11.8. The average Bonchev–Trinajstić information content (AvgIpc) is 2.89. The van der Waals surface area contributed by atoms with Gasteiger partial charge in [0.1, 0.15) is 12.3 Å². The van der Waals surface area contributed by atoms with Crippen LogP contribution < -0.4 is 5.32 Å². The van der Waals surface area contributed by atoms with Gasteiger partial charge < -0.3 is 15.0 Å². The Kier molecular flexibility index (Phi) is 4.55. The molecular formula is C15H16N2O3. The first kappa shape index (κ1) is 13.9. The van der Waals surface area contributed by atoms with Crippen LogP contribution in [0.5, 0.6) is 0 Å². The van der Waals surface area contributed by atoms with Crippen molar-refractivity contribution in [2.75, 3.05) is 7.11 Å². The predicted molar refractivity (Wildman–Crippen MR) is 76.1 cm³/mol. The Morgan fingerprint density at radius 2 is 2.25 bits per heavy atom. The van der Waals surface area contributed by atoms with E-state index in [1.165, 1.54) is 19.4 Å². The Morgan fingerprint density at radius 3 is 3.00 bits per heavy atom. The molecule has 2 N–H and O–H groups in total. The summed E-state index contributed by atoms with van der Waals surface area (Å²) in [7, 11) is 1.34. The number of rotatable bonds is 6. The SMILES string of the molecule is COC(=O)[C@H](Cc1c[nH]c2ccccc12)N/C=C/C=O. The first-order chi connectivity index (χ1) is 9.76. The van der Waals surface area contributed by atoms with Gasteiger partial charge in [-0.05, 0) is 17.7 Å². The van der Waals surface area contributed by atoms with E-state index in [4.69, 9.17) is 4.74 Å². The molecule has 20 heavy (non-hydrogen) atoms. The van der Waals surface area contributed by atoms with Crippen LogP contribution in [-0.4, -0.2) is 30.4 Å². The molecule has 0 fully saturated rings. The number of allylic oxidation sites excluding steroid dienone is 1. The van der Waals surface area contributed by atoms with E-state index in [1.807, 2.05) is 30.5 Å². The van der Waals surface area contributed by atoms with E-state index < -0.39 is 6.04 Å². The van der Waals surface area contributed by atoms with Gasteiger partial charge in [0.2, 0.25) is 0 Å². The zero-order valence-electron chi connectivity index (χ0n) is 11.1. The number of methoxy groups -OCH3 is 1. The molecule has 1 aromatic heterocycles. The number of H-pyrrole nitrogens is 1. The summed E-state index contributed by atoms with van der Waals surface area (Å²) < 4.78 is 4.77. The number of esters is 1. The third kappa shape index (κ3) is 3.06. The number of aromatic nitrogens is 1. The van der Waals surface area contributed by atoms with Crippen molar-refractivity contribution >= 4 is 23.2 Å². The van der Waals surface area contributed by atoms with Gasteiger partial charge in [0.15, 0.2) is 0 Å². The summed E-state index contributed by atoms with van der Waals surface area (Å²) in [6.07, 6.45) is 5.74. The maximum atomic E-state index is 11.8. The van der Waals surface area contributed by atoms with Crippen LogP contribution in [0.3, 0.4) is 0 Å². The number of aromatic amines is 1. The molecule has 0 bridgehead atoms. The molecule has 0 saturated heterocycles. The highest BCUT2D eigenvalue weighted by Gasteiger charge is 2.19. The Bertz CT molecular complexity index is 631. The third-order valence-corrected chi connectivity index (χ3v) is 3.06. The fourth-order valence-corrected chi connectivity index (χ4v) is 2.08. The molecule has 0 amide bonds. The molecule has 0 aliphatic rings. The Morgan fingerprint density at radius 1 is 1.45 bits per heavy atom. The predicted octanol–water partition coefficient (Wildman–Crippen LogP) is 1.55. The second-order valence-corrected chi connectivity index (χ2v) is 4.30. The minimum Gasteiger partial charge on any atom is -0.467 e. The van der Waals surface area contributed by atoms with Crippen LogP contribution in [-0.2, 0) is 20.7 Å². The highest BCUT2D eigenvalue weighted by atomic mass is 16.5. The number of carbonyl (C=O) groups excluding carboxylic acids is 2. The van der Waals surface area contributed by atoms with Gasteiger partial charge in [0.05, 0.1) is 7.11 Å². The van der Waals surface area contributed by atoms with E-state index in [0.29, 0.717) is 12.7 Å². The zero-order valence-corrected chi connectivity index (χ0v) is 11.1. The summed E-state index contributed by atoms with van der Waals surface area (Å²) in [6, 6.07) is 7.34. The van der Waals surface area contributed by atoms with Crippen molar-refractivity contribution in [2.45, 2.75) is 12.5 Å². The van der Waals surface area contributed by atoms with Crippen LogP contribution >= 0.6 is 0 Å². The van der Waals surface area contributed by atoms with Crippen molar-refractivity contribution in [2.24, 2.45) is 0 Å². The molecule has 1 heterocycles. The topological polar surface area (TPSA) is 71.2 Å². The number of fused-ring (bicyclic) bond motifs is 1. The summed E-state index contributed by atoms with van der Waals surface area (Å²) in [5.74, 6) is -0.370. The molecule has 0 saturated carbocycles. The van der Waals surface area contributed by atoms with Crippen molar-refractivity contribution < 1.29 is 14.3 Å². The van der Waals surface area contributed by atoms with Crippen molar-refractivity contribution in [3.63, 3.8) is 0 Å². The number of hydrogen-bond donors (Lipinski definition) is 2. The van der Waals surface area contributed by atoms with E-state index in [9.17, 15) is 9.59 Å². The molecule has 0 spiro atoms. The number of benzene rings is 1. The molecule has 0 aliphatic carbocycles. The van der Waals surface area contributed by atoms with Crippen LogP contribution in [0.2, 0.25) is 0 Å². The molecule has 1 atom stereocenters. The molecule has 0 radical (unpaired) electrons. The highest BCUT2D eigenvalue weighted by molar-refractivity contribution is 5.84. The van der Waals surface area contributed by atoms with Crippen molar-refractivity contribution in [1.82, 2.24) is 10.3 Å². The Hall–Kier alpha value is -2.56. The summed E-state index contributed by atoms with van der Waals surface area (Å²) in [4.78, 5) is 25.2. The van der Waals surface area contributed by atoms with Crippen LogP contribution in [0, 0.1) is 0 Å². The van der Waals surface area contributed by atoms with E-state index in [0.717, 1.165) is 16.5 Å². The normalized spacial score (nSPS) is 12.4. The fourth-order valence-electron chi connectivity index (χ4n) is 2.08. The van der Waals surface area contributed by atoms with E-state index in [2.05, 4.69) is 10.3 Å². The van der Waals surface area contributed by atoms with Gasteiger partial charge in [0, 0.05) is 29.7 Å². The van der Waals surface area contributed by atoms with Gasteiger partial charge in [-0.2, -0.15) is 0 Å². The standard InChI is InChI=1S/C15H16N2O3/c1-20-15(19)14(16-7-4-8-18)9-11-10-17-13-6-3-2-5-12(11)13/h2-8,10,14,16-17H,9H2,1H3/b7-4+/t14-/m0/s1. The van der Waals surface area contributed by atoms with Gasteiger partial charge in [0.25, 0.3) is 0 Å². The molecule has 0 aliphatic heterocycles. The molecule has 104 valence electrons. The molecule has 2 rings (SSSR count). The number of carbonyl (C=O) groups is 2. The monoisotopic (exact) mass is 272 g/mol. The number of para-hydroxylation sites is 1. The lowest BCUT2D eigenvalue weighted by Crippen LogP contribution is -2.36. The minimum absolute atomic E-state index is 0.370. The summed E-state index contributed by atoms with van der Waals surface area (Å²) >= 11 is 0. The van der Waals surface area contributed by atoms with E-state index >= 15 is 0 Å². The molecular weight excluding hydrogens is 256 g/mol. The maximum Gasteiger partial charge on any atom is 0.328 e. The number of ether oxygens (including phenoxy) is 1. The van der Waals surface area contributed by atoms with Crippen LogP contribution in [0.15, 0.2) is 42.7 Å². The summed E-state index contributed by atoms with van der Waals surface area (Å²) in [6.45, 7) is 0. The lowest BCUT2D eigenvalue weighted by atomic mass is 10.1. The Balaban J connectivity index is 2.20. The van der Waals surface area contributed by atoms with Gasteiger partial charge in [-0.1, -0.05) is 18.2 Å².